The largest absolute Gasteiger partial charge is 0.369 e. The smallest absolute Gasteiger partial charge is 0.124 e. The molecule has 0 saturated carbocycles. The van der Waals surface area contributed by atoms with Crippen LogP contribution >= 0.6 is 15.9 Å². The summed E-state index contributed by atoms with van der Waals surface area (Å²) in [5.41, 5.74) is 3.35. The zero-order valence-electron chi connectivity index (χ0n) is 12.3. The van der Waals surface area contributed by atoms with Crippen molar-refractivity contribution in [2.75, 3.05) is 0 Å². The van der Waals surface area contributed by atoms with E-state index in [0.717, 1.165) is 16.5 Å². The summed E-state index contributed by atoms with van der Waals surface area (Å²) < 4.78 is 20.1. The van der Waals surface area contributed by atoms with Crippen LogP contribution in [0.1, 0.15) is 45.7 Å². The number of rotatable bonds is 3. The van der Waals surface area contributed by atoms with Gasteiger partial charge >= 0.3 is 0 Å². The highest BCUT2D eigenvalue weighted by molar-refractivity contribution is 9.10. The highest BCUT2D eigenvalue weighted by Crippen LogP contribution is 2.48. The fraction of sp³-hybridized carbons (Fsp3) is 0.600. The molecular weight excluding hydrogens is 323 g/mol. The first-order valence-electron chi connectivity index (χ1n) is 6.77. The molecule has 1 saturated heterocycles. The molecule has 0 spiro atoms. The average Bonchev–Trinajstić information content (AvgIpc) is 2.51. The van der Waals surface area contributed by atoms with Gasteiger partial charge in [-0.1, -0.05) is 22.0 Å². The Morgan fingerprint density at radius 1 is 1.40 bits per heavy atom. The van der Waals surface area contributed by atoms with Gasteiger partial charge in [0.15, 0.2) is 0 Å². The highest BCUT2D eigenvalue weighted by Gasteiger charge is 2.49. The van der Waals surface area contributed by atoms with Gasteiger partial charge in [-0.2, -0.15) is 0 Å². The lowest BCUT2D eigenvalue weighted by atomic mass is 9.79. The third-order valence-electron chi connectivity index (χ3n) is 4.02. The second kappa shape index (κ2) is 5.37. The van der Waals surface area contributed by atoms with Crippen molar-refractivity contribution in [2.24, 2.45) is 11.8 Å². The van der Waals surface area contributed by atoms with Crippen LogP contribution in [-0.4, -0.2) is 11.2 Å². The van der Waals surface area contributed by atoms with Gasteiger partial charge in [-0.25, -0.2) is 4.39 Å². The van der Waals surface area contributed by atoms with Crippen LogP contribution in [0.2, 0.25) is 0 Å². The number of hydrogen-bond donors (Lipinski definition) is 2. The van der Waals surface area contributed by atoms with Crippen LogP contribution in [-0.2, 0) is 4.74 Å². The van der Waals surface area contributed by atoms with Crippen LogP contribution in [0.3, 0.4) is 0 Å². The van der Waals surface area contributed by atoms with E-state index in [4.69, 9.17) is 10.6 Å². The fourth-order valence-corrected chi connectivity index (χ4v) is 3.90. The van der Waals surface area contributed by atoms with E-state index in [-0.39, 0.29) is 29.0 Å². The van der Waals surface area contributed by atoms with Crippen molar-refractivity contribution in [3.63, 3.8) is 0 Å². The summed E-state index contributed by atoms with van der Waals surface area (Å²) >= 11 is 3.43. The molecule has 5 heteroatoms. The summed E-state index contributed by atoms with van der Waals surface area (Å²) in [6, 6.07) is 4.60. The number of halogens is 2. The molecule has 1 aromatic carbocycles. The van der Waals surface area contributed by atoms with Gasteiger partial charge in [0.2, 0.25) is 0 Å². The van der Waals surface area contributed by atoms with E-state index in [1.165, 1.54) is 12.1 Å². The fourth-order valence-electron chi connectivity index (χ4n) is 3.30. The zero-order valence-corrected chi connectivity index (χ0v) is 13.9. The van der Waals surface area contributed by atoms with E-state index < -0.39 is 0 Å². The van der Waals surface area contributed by atoms with Gasteiger partial charge in [-0.05, 0) is 51.8 Å². The molecule has 112 valence electrons. The molecule has 2 unspecified atom stereocenters. The van der Waals surface area contributed by atoms with Crippen LogP contribution in [0.5, 0.6) is 0 Å². The normalized spacial score (nSPS) is 25.6. The molecule has 1 aliphatic heterocycles. The molecule has 2 rings (SSSR count). The van der Waals surface area contributed by atoms with Crippen LogP contribution in [0.25, 0.3) is 0 Å². The average molecular weight is 345 g/mol. The van der Waals surface area contributed by atoms with Crippen LogP contribution < -0.4 is 11.3 Å². The second-order valence-electron chi connectivity index (χ2n) is 6.59. The maximum atomic E-state index is 13.3. The molecule has 20 heavy (non-hydrogen) atoms. The number of hydrogen-bond acceptors (Lipinski definition) is 3. The van der Waals surface area contributed by atoms with E-state index in [2.05, 4.69) is 49.1 Å². The van der Waals surface area contributed by atoms with E-state index in [9.17, 15) is 4.39 Å². The Labute approximate surface area is 128 Å². The Hall–Kier alpha value is -0.490. The van der Waals surface area contributed by atoms with Crippen LogP contribution in [0.4, 0.5) is 4.39 Å². The molecule has 1 aromatic rings. The number of hydrazine groups is 1. The summed E-state index contributed by atoms with van der Waals surface area (Å²) in [6.45, 7) is 8.33. The summed E-state index contributed by atoms with van der Waals surface area (Å²) in [6.07, 6.45) is 0.888. The summed E-state index contributed by atoms with van der Waals surface area (Å²) in [5.74, 6) is 5.71. The van der Waals surface area contributed by atoms with Crippen LogP contribution in [0.15, 0.2) is 22.7 Å². The van der Waals surface area contributed by atoms with Crippen molar-refractivity contribution >= 4 is 15.9 Å². The molecule has 1 fully saturated rings. The maximum absolute atomic E-state index is 13.3. The first-order chi connectivity index (χ1) is 9.16. The van der Waals surface area contributed by atoms with Gasteiger partial charge in [-0.3, -0.25) is 11.3 Å². The second-order valence-corrected chi connectivity index (χ2v) is 7.44. The molecule has 2 atom stereocenters. The first-order valence-corrected chi connectivity index (χ1v) is 7.57. The van der Waals surface area contributed by atoms with Crippen molar-refractivity contribution in [3.8, 4) is 0 Å². The zero-order chi connectivity index (χ0) is 15.1. The number of nitrogens with two attached hydrogens (primary N) is 1. The van der Waals surface area contributed by atoms with Gasteiger partial charge in [0, 0.05) is 10.4 Å². The topological polar surface area (TPSA) is 47.3 Å². The monoisotopic (exact) mass is 344 g/mol. The SMILES string of the molecule is CC1(C)CC(C(NN)c2ccc(F)cc2Br)C(C)(C)O1. The standard InChI is InChI=1S/C15H22BrFN2O/c1-14(2)8-11(15(3,4)20-14)13(19-18)10-6-5-9(17)7-12(10)16/h5-7,11,13,19H,8,18H2,1-4H3. The van der Waals surface area contributed by atoms with Gasteiger partial charge in [0.25, 0.3) is 0 Å². The predicted molar refractivity (Wildman–Crippen MR) is 81.5 cm³/mol. The Bertz CT molecular complexity index is 505. The van der Waals surface area contributed by atoms with E-state index in [1.54, 1.807) is 6.07 Å². The Balaban J connectivity index is 2.37. The lowest BCUT2D eigenvalue weighted by molar-refractivity contribution is -0.0779. The van der Waals surface area contributed by atoms with Crippen molar-refractivity contribution < 1.29 is 9.13 Å². The third kappa shape index (κ3) is 3.06. The third-order valence-corrected chi connectivity index (χ3v) is 4.71. The minimum atomic E-state index is -0.297. The molecule has 0 radical (unpaired) electrons. The van der Waals surface area contributed by atoms with Crippen molar-refractivity contribution in [1.29, 1.82) is 0 Å². The molecular formula is C15H22BrFN2O. The molecule has 3 N–H and O–H groups in total. The van der Waals surface area contributed by atoms with Crippen molar-refractivity contribution in [2.45, 2.75) is 51.4 Å². The first kappa shape index (κ1) is 15.9. The molecule has 0 amide bonds. The van der Waals surface area contributed by atoms with Gasteiger partial charge in [0.1, 0.15) is 5.82 Å². The Kier molecular flexibility index (Phi) is 4.27. The quantitative estimate of drug-likeness (QED) is 0.649. The number of benzene rings is 1. The van der Waals surface area contributed by atoms with Gasteiger partial charge in [0.05, 0.1) is 17.2 Å². The highest BCUT2D eigenvalue weighted by atomic mass is 79.9. The van der Waals surface area contributed by atoms with Crippen molar-refractivity contribution in [1.82, 2.24) is 5.43 Å². The lowest BCUT2D eigenvalue weighted by Gasteiger charge is -2.33. The van der Waals surface area contributed by atoms with Crippen LogP contribution in [0, 0.1) is 11.7 Å². The summed E-state index contributed by atoms with van der Waals surface area (Å²) in [5, 5.41) is 0. The van der Waals surface area contributed by atoms with Gasteiger partial charge < -0.3 is 4.74 Å². The predicted octanol–water partition coefficient (Wildman–Crippen LogP) is 3.69. The maximum Gasteiger partial charge on any atom is 0.124 e. The minimum absolute atomic E-state index is 0.0956. The Morgan fingerprint density at radius 2 is 2.05 bits per heavy atom. The number of ether oxygens (including phenoxy) is 1. The Morgan fingerprint density at radius 3 is 2.50 bits per heavy atom. The van der Waals surface area contributed by atoms with E-state index >= 15 is 0 Å². The lowest BCUT2D eigenvalue weighted by Crippen LogP contribution is -2.41. The van der Waals surface area contributed by atoms with E-state index in [1.807, 2.05) is 0 Å². The molecule has 0 bridgehead atoms. The molecule has 0 aliphatic carbocycles. The van der Waals surface area contributed by atoms with Gasteiger partial charge in [-0.15, -0.1) is 0 Å². The molecule has 0 aromatic heterocycles. The minimum Gasteiger partial charge on any atom is -0.369 e. The molecule has 3 nitrogen and oxygen atoms in total. The molecule has 1 aliphatic rings. The summed E-state index contributed by atoms with van der Waals surface area (Å²) in [7, 11) is 0. The van der Waals surface area contributed by atoms with E-state index in [0.29, 0.717) is 0 Å². The van der Waals surface area contributed by atoms with Crippen molar-refractivity contribution in [3.05, 3.63) is 34.1 Å². The summed E-state index contributed by atoms with van der Waals surface area (Å²) in [4.78, 5) is 0. The number of nitrogens with one attached hydrogen (secondary N) is 1. The molecule has 1 heterocycles.